The van der Waals surface area contributed by atoms with Gasteiger partial charge in [-0.15, -0.1) is 0 Å². The summed E-state index contributed by atoms with van der Waals surface area (Å²) in [6.45, 7) is 1.45. The maximum Gasteiger partial charge on any atom is 0.255 e. The Balaban J connectivity index is 2.30. The predicted octanol–water partition coefficient (Wildman–Crippen LogP) is 4.17. The van der Waals surface area contributed by atoms with Crippen molar-refractivity contribution < 1.29 is 12.9 Å². The van der Waals surface area contributed by atoms with Crippen LogP contribution < -0.4 is 0 Å². The van der Waals surface area contributed by atoms with E-state index in [2.05, 4.69) is 5.26 Å². The van der Waals surface area contributed by atoms with Crippen LogP contribution in [0.3, 0.4) is 0 Å². The first-order valence-corrected chi connectivity index (χ1v) is 6.07. The lowest BCUT2D eigenvalue weighted by molar-refractivity contribution is -0.269. The molecular weight excluding hydrogens is 188 g/mol. The lowest BCUT2D eigenvalue weighted by atomic mass is 9.85. The molecule has 0 radical (unpaired) electrons. The van der Waals surface area contributed by atoms with Crippen LogP contribution in [0.2, 0.25) is 0 Å². The number of rotatable bonds is 7. The highest BCUT2D eigenvalue weighted by atomic mass is 17.1. The topological polar surface area (TPSA) is 29.5 Å². The van der Waals surface area contributed by atoms with Gasteiger partial charge in [0.15, 0.2) is 0 Å². The van der Waals surface area contributed by atoms with Crippen LogP contribution in [-0.2, 0) is 4.89 Å². The zero-order valence-electron chi connectivity index (χ0n) is 12.6. The molecule has 1 aliphatic carbocycles. The molecule has 0 bridgehead atoms. The first-order chi connectivity index (χ1) is 8.65. The second-order valence-corrected chi connectivity index (χ2v) is 4.70. The molecule has 1 fully saturated rings. The van der Waals surface area contributed by atoms with E-state index in [-0.39, 0.29) is 6.53 Å². The number of hydrogen-bond donors (Lipinski definition) is 1. The highest BCUT2D eigenvalue weighted by Gasteiger charge is 2.15. The van der Waals surface area contributed by atoms with Crippen molar-refractivity contribution >= 4 is 0 Å². The zero-order valence-corrected chi connectivity index (χ0v) is 9.63. The van der Waals surface area contributed by atoms with Gasteiger partial charge < -0.3 is 0 Å². The Morgan fingerprint density at radius 3 is 3.07 bits per heavy atom. The molecule has 0 spiro atoms. The Morgan fingerprint density at radius 1 is 1.60 bits per heavy atom. The van der Waals surface area contributed by atoms with E-state index in [0.717, 1.165) is 18.8 Å². The van der Waals surface area contributed by atoms with E-state index < -0.39 is 6.10 Å². The zero-order chi connectivity index (χ0) is 13.4. The lowest BCUT2D eigenvalue weighted by Gasteiger charge is -2.22. The second-order valence-electron chi connectivity index (χ2n) is 4.70. The van der Waals surface area contributed by atoms with Gasteiger partial charge in [-0.2, -0.15) is 0 Å². The molecule has 0 aliphatic heterocycles. The minimum atomic E-state index is -0.420. The molecule has 0 aromatic heterocycles. The van der Waals surface area contributed by atoms with Crippen LogP contribution in [0.4, 0.5) is 0 Å². The summed E-state index contributed by atoms with van der Waals surface area (Å²) in [6, 6.07) is 0. The largest absolute Gasteiger partial charge is 0.255 e. The fourth-order valence-corrected chi connectivity index (χ4v) is 2.40. The standard InChI is InChI=1S/C13H24O2/c1-11(2)13(15-14)10-6-9-12-7-4-3-5-8-12/h12-14H,1,3-10H2,2H3/i1D2/hD. The summed E-state index contributed by atoms with van der Waals surface area (Å²) >= 11 is 0. The van der Waals surface area contributed by atoms with E-state index in [9.17, 15) is 0 Å². The Hall–Kier alpha value is -0.340. The molecule has 2 nitrogen and oxygen atoms in total. The van der Waals surface area contributed by atoms with Crippen molar-refractivity contribution in [2.45, 2.75) is 64.4 Å². The Morgan fingerprint density at radius 2 is 2.40 bits per heavy atom. The van der Waals surface area contributed by atoms with Gasteiger partial charge in [0, 0.05) is 0 Å². The van der Waals surface area contributed by atoms with Crippen molar-refractivity contribution in [1.82, 2.24) is 0 Å². The van der Waals surface area contributed by atoms with Crippen molar-refractivity contribution in [2.24, 2.45) is 5.92 Å². The Kier molecular flexibility index (Phi) is 4.10. The first kappa shape index (κ1) is 8.77. The molecule has 88 valence electrons. The van der Waals surface area contributed by atoms with Gasteiger partial charge in [0.05, 0.1) is 2.74 Å². The van der Waals surface area contributed by atoms with Crippen LogP contribution in [0.5, 0.6) is 0 Å². The Labute approximate surface area is 97.6 Å². The van der Waals surface area contributed by atoms with Crippen LogP contribution in [0, 0.1) is 5.92 Å². The van der Waals surface area contributed by atoms with Gasteiger partial charge in [-0.3, -0.25) is 5.26 Å². The maximum absolute atomic E-state index is 7.27. The summed E-state index contributed by atoms with van der Waals surface area (Å²) in [5, 5.41) is 3.97. The molecule has 1 rings (SSSR count). The molecule has 1 N–H and O–H groups in total. The van der Waals surface area contributed by atoms with Crippen LogP contribution in [0.15, 0.2) is 12.1 Å². The second kappa shape index (κ2) is 7.02. The fourth-order valence-electron chi connectivity index (χ4n) is 2.40. The molecule has 1 atom stereocenters. The molecule has 0 saturated heterocycles. The summed E-state index contributed by atoms with van der Waals surface area (Å²) in [7, 11) is 0. The lowest BCUT2D eigenvalue weighted by Crippen LogP contribution is -2.13. The SMILES string of the molecule is [2H]OOC(CCCC1CCCCC1)C(C)=C([2H])[2H]. The van der Waals surface area contributed by atoms with Gasteiger partial charge >= 0.3 is 0 Å². The molecule has 2 heteroatoms. The normalized spacial score (nSPS) is 22.6. The third-order valence-electron chi connectivity index (χ3n) is 3.40. The highest BCUT2D eigenvalue weighted by Crippen LogP contribution is 2.28. The minimum absolute atomic E-state index is 0.241. The minimum Gasteiger partial charge on any atom is -0.251 e. The van der Waals surface area contributed by atoms with Crippen molar-refractivity contribution in [3.8, 4) is 0 Å². The van der Waals surface area contributed by atoms with Crippen molar-refractivity contribution in [3.05, 3.63) is 12.1 Å². The summed E-state index contributed by atoms with van der Waals surface area (Å²) in [5.41, 5.74) is 0.533. The van der Waals surface area contributed by atoms with E-state index in [1.807, 2.05) is 0 Å². The summed E-state index contributed by atoms with van der Waals surface area (Å²) in [6.07, 6.45) is 9.22. The van der Waals surface area contributed by atoms with Crippen LogP contribution in [-0.4, -0.2) is 11.4 Å². The number of hydrogen-bond acceptors (Lipinski definition) is 2. The third-order valence-corrected chi connectivity index (χ3v) is 3.40. The van der Waals surface area contributed by atoms with Crippen LogP contribution in [0.1, 0.15) is 61.0 Å². The molecule has 0 aromatic rings. The maximum atomic E-state index is 7.27. The quantitative estimate of drug-likeness (QED) is 0.392. The molecular formula is C13H24O2. The summed E-state index contributed by atoms with van der Waals surface area (Å²) in [4.78, 5) is 4.82. The van der Waals surface area contributed by atoms with Gasteiger partial charge in [-0.1, -0.05) is 51.5 Å². The third kappa shape index (κ3) is 4.80. The van der Waals surface area contributed by atoms with E-state index >= 15 is 0 Å². The van der Waals surface area contributed by atoms with E-state index in [1.165, 1.54) is 38.5 Å². The van der Waals surface area contributed by atoms with Gasteiger partial charge in [0.25, 0.3) is 1.43 Å². The van der Waals surface area contributed by atoms with Crippen molar-refractivity contribution in [3.63, 3.8) is 0 Å². The van der Waals surface area contributed by atoms with Crippen molar-refractivity contribution in [1.29, 1.82) is 1.43 Å². The molecule has 1 aliphatic rings. The van der Waals surface area contributed by atoms with Gasteiger partial charge in [0.1, 0.15) is 6.10 Å². The average molecular weight is 215 g/mol. The van der Waals surface area contributed by atoms with Gasteiger partial charge in [-0.25, -0.2) is 4.89 Å². The van der Waals surface area contributed by atoms with Crippen molar-refractivity contribution in [2.75, 3.05) is 0 Å². The van der Waals surface area contributed by atoms with Crippen LogP contribution in [0.25, 0.3) is 1.43 Å². The smallest absolute Gasteiger partial charge is 0.251 e. The van der Waals surface area contributed by atoms with Gasteiger partial charge in [-0.05, 0) is 24.8 Å². The molecule has 0 aromatic carbocycles. The molecule has 15 heavy (non-hydrogen) atoms. The average Bonchev–Trinajstić information content (AvgIpc) is 2.38. The first-order valence-electron chi connectivity index (χ1n) is 7.48. The highest BCUT2D eigenvalue weighted by molar-refractivity contribution is 4.96. The molecule has 0 heterocycles. The molecule has 1 unspecified atom stereocenters. The summed E-state index contributed by atoms with van der Waals surface area (Å²) in [5.74, 6) is 0.826. The van der Waals surface area contributed by atoms with E-state index in [0.29, 0.717) is 5.57 Å². The molecule has 1 saturated carbocycles. The van der Waals surface area contributed by atoms with Crippen LogP contribution >= 0.6 is 0 Å². The monoisotopic (exact) mass is 215 g/mol. The molecule has 0 amide bonds. The predicted molar refractivity (Wildman–Crippen MR) is 62.7 cm³/mol. The fraction of sp³-hybridized carbons (Fsp3) is 0.846. The van der Waals surface area contributed by atoms with Gasteiger partial charge in [0.2, 0.25) is 0 Å². The van der Waals surface area contributed by atoms with E-state index in [4.69, 9.17) is 9.06 Å². The Bertz CT molecular complexity index is 259. The summed E-state index contributed by atoms with van der Waals surface area (Å²) < 4.78 is 21.2. The van der Waals surface area contributed by atoms with E-state index in [1.54, 1.807) is 6.92 Å².